The molecule has 6 nitrogen and oxygen atoms in total. The zero-order valence-electron chi connectivity index (χ0n) is 15.9. The van der Waals surface area contributed by atoms with Gasteiger partial charge >= 0.3 is 0 Å². The molecular formula is C19H24FN3O3S2. The predicted molar refractivity (Wildman–Crippen MR) is 108 cm³/mol. The molecule has 9 heteroatoms. The lowest BCUT2D eigenvalue weighted by Crippen LogP contribution is -2.52. The second-order valence-corrected chi connectivity index (χ2v) is 10.6. The predicted octanol–water partition coefficient (Wildman–Crippen LogP) is 2.63. The monoisotopic (exact) mass is 425 g/mol. The molecule has 28 heavy (non-hydrogen) atoms. The number of sulfonamides is 1. The zero-order valence-corrected chi connectivity index (χ0v) is 17.5. The third kappa shape index (κ3) is 3.57. The summed E-state index contributed by atoms with van der Waals surface area (Å²) in [5, 5.41) is 1.01. The van der Waals surface area contributed by atoms with Crippen LogP contribution >= 0.6 is 11.3 Å². The number of rotatable bonds is 4. The number of aryl methyl sites for hydroxylation is 1. The van der Waals surface area contributed by atoms with Crippen molar-refractivity contribution < 1.29 is 17.6 Å². The number of hydrogen-bond donors (Lipinski definition) is 0. The van der Waals surface area contributed by atoms with Crippen molar-refractivity contribution in [3.05, 3.63) is 52.0 Å². The summed E-state index contributed by atoms with van der Waals surface area (Å²) in [4.78, 5) is 9.64. The first kappa shape index (κ1) is 19.8. The number of hydroxylamine groups is 2. The minimum absolute atomic E-state index is 0.147. The van der Waals surface area contributed by atoms with Gasteiger partial charge in [-0.15, -0.1) is 11.3 Å². The van der Waals surface area contributed by atoms with Crippen LogP contribution < -0.4 is 4.90 Å². The van der Waals surface area contributed by atoms with Crippen molar-refractivity contribution in [3.63, 3.8) is 0 Å². The molecule has 2 fully saturated rings. The van der Waals surface area contributed by atoms with E-state index in [0.29, 0.717) is 31.9 Å². The molecule has 0 radical (unpaired) electrons. The maximum absolute atomic E-state index is 14.0. The van der Waals surface area contributed by atoms with Crippen LogP contribution in [0, 0.1) is 12.7 Å². The number of para-hydroxylation sites is 1. The quantitative estimate of drug-likeness (QED) is 0.754. The van der Waals surface area contributed by atoms with E-state index in [1.807, 2.05) is 24.0 Å². The molecular weight excluding hydrogens is 401 g/mol. The van der Waals surface area contributed by atoms with E-state index in [4.69, 9.17) is 4.84 Å². The Bertz CT molecular complexity index is 941. The lowest BCUT2D eigenvalue weighted by Gasteiger charge is -2.37. The highest BCUT2D eigenvalue weighted by Crippen LogP contribution is 2.38. The summed E-state index contributed by atoms with van der Waals surface area (Å²) in [6, 6.07) is 10.3. The van der Waals surface area contributed by atoms with Crippen LogP contribution in [0.1, 0.15) is 15.8 Å². The number of halogens is 1. The van der Waals surface area contributed by atoms with Gasteiger partial charge in [0.2, 0.25) is 10.0 Å². The first-order valence-electron chi connectivity index (χ1n) is 9.28. The molecule has 0 spiro atoms. The van der Waals surface area contributed by atoms with Gasteiger partial charge in [-0.2, -0.15) is 9.37 Å². The highest BCUT2D eigenvalue weighted by atomic mass is 32.2. The van der Waals surface area contributed by atoms with Crippen LogP contribution in [0.3, 0.4) is 0 Å². The lowest BCUT2D eigenvalue weighted by atomic mass is 10.2. The SMILES string of the molecule is Cc1ccc(C2C(S(=O)(=O)N3CCN(c4ccccc4F)CC3)CON2C)s1. The molecule has 0 amide bonds. The van der Waals surface area contributed by atoms with E-state index in [1.165, 1.54) is 10.4 Å². The highest BCUT2D eigenvalue weighted by Gasteiger charge is 2.46. The van der Waals surface area contributed by atoms with Crippen molar-refractivity contribution in [1.82, 2.24) is 9.37 Å². The van der Waals surface area contributed by atoms with E-state index in [0.717, 1.165) is 9.75 Å². The van der Waals surface area contributed by atoms with Crippen LogP contribution in [-0.2, 0) is 14.9 Å². The topological polar surface area (TPSA) is 53.1 Å². The minimum atomic E-state index is -3.55. The second kappa shape index (κ2) is 7.72. The van der Waals surface area contributed by atoms with Crippen molar-refractivity contribution in [2.24, 2.45) is 0 Å². The van der Waals surface area contributed by atoms with Gasteiger partial charge in [0, 0.05) is 43.0 Å². The molecule has 0 aliphatic carbocycles. The van der Waals surface area contributed by atoms with Crippen LogP contribution in [0.15, 0.2) is 36.4 Å². The Morgan fingerprint density at radius 2 is 1.82 bits per heavy atom. The summed E-state index contributed by atoms with van der Waals surface area (Å²) in [6.45, 7) is 3.77. The molecule has 0 bridgehead atoms. The molecule has 2 aromatic rings. The van der Waals surface area contributed by atoms with Gasteiger partial charge in [0.1, 0.15) is 11.1 Å². The Morgan fingerprint density at radius 3 is 2.46 bits per heavy atom. The summed E-state index contributed by atoms with van der Waals surface area (Å²) in [7, 11) is -1.76. The standard InChI is InChI=1S/C19H24FN3O3S2/c1-14-7-8-17(27-14)19-18(13-26-21(19)2)28(24,25)23-11-9-22(10-12-23)16-6-4-3-5-15(16)20/h3-8,18-19H,9-13H2,1-2H3. The molecule has 3 heterocycles. The molecule has 0 saturated carbocycles. The van der Waals surface area contributed by atoms with Gasteiger partial charge in [-0.05, 0) is 31.2 Å². The van der Waals surface area contributed by atoms with Crippen LogP contribution in [0.4, 0.5) is 10.1 Å². The van der Waals surface area contributed by atoms with E-state index in [9.17, 15) is 12.8 Å². The van der Waals surface area contributed by atoms with Gasteiger partial charge in [-0.1, -0.05) is 12.1 Å². The minimum Gasteiger partial charge on any atom is -0.367 e. The normalized spacial score (nSPS) is 24.8. The molecule has 2 aliphatic heterocycles. The largest absolute Gasteiger partial charge is 0.367 e. The maximum Gasteiger partial charge on any atom is 0.221 e. The van der Waals surface area contributed by atoms with Crippen molar-refractivity contribution in [2.75, 3.05) is 44.7 Å². The van der Waals surface area contributed by atoms with Gasteiger partial charge in [0.25, 0.3) is 0 Å². The van der Waals surface area contributed by atoms with Gasteiger partial charge in [0.15, 0.2) is 0 Å². The van der Waals surface area contributed by atoms with Gasteiger partial charge in [-0.25, -0.2) is 12.8 Å². The lowest BCUT2D eigenvalue weighted by molar-refractivity contribution is -0.110. The highest BCUT2D eigenvalue weighted by molar-refractivity contribution is 7.89. The fraction of sp³-hybridized carbons (Fsp3) is 0.474. The second-order valence-electron chi connectivity index (χ2n) is 7.16. The number of nitrogens with zero attached hydrogens (tertiary/aromatic N) is 3. The number of benzene rings is 1. The summed E-state index contributed by atoms with van der Waals surface area (Å²) in [6.07, 6.45) is 0. The molecule has 2 aliphatic rings. The van der Waals surface area contributed by atoms with Gasteiger partial charge < -0.3 is 4.90 Å². The number of hydrogen-bond acceptors (Lipinski definition) is 6. The first-order valence-corrected chi connectivity index (χ1v) is 11.6. The third-order valence-corrected chi connectivity index (χ3v) is 8.73. The van der Waals surface area contributed by atoms with E-state index in [2.05, 4.69) is 0 Å². The van der Waals surface area contributed by atoms with Crippen molar-refractivity contribution >= 4 is 27.0 Å². The van der Waals surface area contributed by atoms with E-state index < -0.39 is 15.3 Å². The molecule has 1 aromatic carbocycles. The molecule has 2 saturated heterocycles. The van der Waals surface area contributed by atoms with Crippen LogP contribution in [0.2, 0.25) is 0 Å². The van der Waals surface area contributed by atoms with E-state index in [1.54, 1.807) is 41.6 Å². The Balaban J connectivity index is 1.50. The Morgan fingerprint density at radius 1 is 1.11 bits per heavy atom. The Hall–Kier alpha value is -1.52. The molecule has 0 N–H and O–H groups in total. The van der Waals surface area contributed by atoms with Crippen molar-refractivity contribution in [3.8, 4) is 0 Å². The fourth-order valence-corrected chi connectivity index (χ4v) is 7.00. The van der Waals surface area contributed by atoms with Crippen molar-refractivity contribution in [1.29, 1.82) is 0 Å². The Kier molecular flexibility index (Phi) is 5.45. The number of anilines is 1. The molecule has 1 aromatic heterocycles. The van der Waals surface area contributed by atoms with Gasteiger partial charge in [-0.3, -0.25) is 4.84 Å². The average molecular weight is 426 g/mol. The summed E-state index contributed by atoms with van der Waals surface area (Å²) in [5.41, 5.74) is 0.524. The number of piperazine rings is 1. The third-order valence-electron chi connectivity index (χ3n) is 5.41. The average Bonchev–Trinajstić information content (AvgIpc) is 3.28. The molecule has 152 valence electrons. The summed E-state index contributed by atoms with van der Waals surface area (Å²) >= 11 is 1.60. The van der Waals surface area contributed by atoms with Crippen LogP contribution in [0.25, 0.3) is 0 Å². The number of thiophene rings is 1. The van der Waals surface area contributed by atoms with Crippen molar-refractivity contribution in [2.45, 2.75) is 18.2 Å². The summed E-state index contributed by atoms with van der Waals surface area (Å²) < 4.78 is 42.3. The van der Waals surface area contributed by atoms with Gasteiger partial charge in [0.05, 0.1) is 18.3 Å². The van der Waals surface area contributed by atoms with E-state index in [-0.39, 0.29) is 18.5 Å². The Labute approximate surface area is 169 Å². The molecule has 2 atom stereocenters. The smallest absolute Gasteiger partial charge is 0.221 e. The fourth-order valence-electron chi connectivity index (χ4n) is 3.90. The van der Waals surface area contributed by atoms with Crippen LogP contribution in [-0.4, -0.2) is 62.9 Å². The molecule has 2 unspecified atom stereocenters. The first-order chi connectivity index (χ1) is 13.4. The van der Waals surface area contributed by atoms with Crippen LogP contribution in [0.5, 0.6) is 0 Å². The maximum atomic E-state index is 14.0. The van der Waals surface area contributed by atoms with E-state index >= 15 is 0 Å². The summed E-state index contributed by atoms with van der Waals surface area (Å²) in [5.74, 6) is -0.280. The zero-order chi connectivity index (χ0) is 19.9. The molecule has 4 rings (SSSR count).